The summed E-state index contributed by atoms with van der Waals surface area (Å²) in [5.74, 6) is -1.07. The summed E-state index contributed by atoms with van der Waals surface area (Å²) in [5, 5.41) is 10.4. The molecule has 1 aliphatic heterocycles. The molecule has 1 aliphatic rings. The third-order valence-electron chi connectivity index (χ3n) is 4.32. The van der Waals surface area contributed by atoms with Crippen LogP contribution in [0.4, 0.5) is 0 Å². The molecule has 0 fully saturated rings. The fourth-order valence-electron chi connectivity index (χ4n) is 3.28. The van der Waals surface area contributed by atoms with Gasteiger partial charge in [0.25, 0.3) is 0 Å². The number of carboxylic acid groups (broad SMARTS) is 1. The largest absolute Gasteiger partial charge is 0.481 e. The Morgan fingerprint density at radius 1 is 1.57 bits per heavy atom. The molecule has 4 heteroatoms. The van der Waals surface area contributed by atoms with Gasteiger partial charge >= 0.3 is 5.97 Å². The van der Waals surface area contributed by atoms with Crippen molar-refractivity contribution in [3.05, 3.63) is 35.0 Å². The summed E-state index contributed by atoms with van der Waals surface area (Å²) in [5.41, 5.74) is 2.34. The molecule has 112 valence electrons. The van der Waals surface area contributed by atoms with Crippen molar-refractivity contribution in [1.82, 2.24) is 4.98 Å². The van der Waals surface area contributed by atoms with E-state index in [9.17, 15) is 9.90 Å². The molecular formula is C17H21NO3. The molecule has 0 unspecified atom stereocenters. The Labute approximate surface area is 128 Å². The zero-order valence-corrected chi connectivity index (χ0v) is 12.0. The molecule has 0 saturated heterocycles. The lowest BCUT2D eigenvalue weighted by Gasteiger charge is -2.35. The van der Waals surface area contributed by atoms with Gasteiger partial charge in [-0.25, -0.2) is 0 Å². The van der Waals surface area contributed by atoms with Crippen LogP contribution in [0.1, 0.15) is 47.6 Å². The van der Waals surface area contributed by atoms with Crippen molar-refractivity contribution in [2.75, 3.05) is 6.61 Å². The first kappa shape index (κ1) is 10.9. The molecule has 0 saturated carbocycles. The van der Waals surface area contributed by atoms with Gasteiger partial charge in [0.2, 0.25) is 0 Å². The minimum atomic E-state index is -2.28. The Balaban J connectivity index is 2.23. The maximum Gasteiger partial charge on any atom is 0.306 e. The summed E-state index contributed by atoms with van der Waals surface area (Å²) in [6.07, 6.45) is 0.786. The third kappa shape index (κ3) is 2.14. The second-order valence-corrected chi connectivity index (χ2v) is 5.51. The second-order valence-electron chi connectivity index (χ2n) is 5.51. The molecular weight excluding hydrogens is 266 g/mol. The maximum atomic E-state index is 11.4. The third-order valence-corrected chi connectivity index (χ3v) is 4.32. The Morgan fingerprint density at radius 2 is 2.43 bits per heavy atom. The number of hydrogen-bond donors (Lipinski definition) is 2. The van der Waals surface area contributed by atoms with Crippen LogP contribution < -0.4 is 0 Å². The monoisotopic (exact) mass is 290 g/mol. The van der Waals surface area contributed by atoms with E-state index in [0.717, 1.165) is 28.5 Å². The van der Waals surface area contributed by atoms with E-state index in [4.69, 9.17) is 8.85 Å². The predicted molar refractivity (Wildman–Crippen MR) is 81.6 cm³/mol. The molecule has 3 rings (SSSR count). The Bertz CT molecular complexity index is 781. The van der Waals surface area contributed by atoms with Gasteiger partial charge in [0.05, 0.1) is 18.7 Å². The highest BCUT2D eigenvalue weighted by Gasteiger charge is 2.40. The molecule has 0 bridgehead atoms. The van der Waals surface area contributed by atoms with Crippen LogP contribution in [0.2, 0.25) is 0 Å². The fraction of sp³-hybridized carbons (Fsp3) is 0.471. The van der Waals surface area contributed by atoms with Crippen molar-refractivity contribution in [3.63, 3.8) is 0 Å². The number of benzene rings is 1. The molecule has 1 aromatic carbocycles. The van der Waals surface area contributed by atoms with Crippen molar-refractivity contribution >= 4 is 16.9 Å². The molecule has 21 heavy (non-hydrogen) atoms. The number of hydrogen-bond acceptors (Lipinski definition) is 2. The van der Waals surface area contributed by atoms with Crippen LogP contribution in [0.15, 0.2) is 18.2 Å². The summed E-state index contributed by atoms with van der Waals surface area (Å²) in [6, 6.07) is 6.00. The van der Waals surface area contributed by atoms with Crippen molar-refractivity contribution in [2.24, 2.45) is 0 Å². The van der Waals surface area contributed by atoms with E-state index in [2.05, 4.69) is 11.9 Å². The lowest BCUT2D eigenvalue weighted by Crippen LogP contribution is -2.37. The molecule has 4 nitrogen and oxygen atoms in total. The van der Waals surface area contributed by atoms with Crippen molar-refractivity contribution < 1.29 is 18.8 Å². The molecule has 0 spiro atoms. The summed E-state index contributed by atoms with van der Waals surface area (Å²) in [7, 11) is 0. The fourth-order valence-corrected chi connectivity index (χ4v) is 3.28. The number of carboxylic acids is 1. The number of ether oxygens (including phenoxy) is 1. The molecule has 2 aromatic rings. The number of H-pyrrole nitrogens is 1. The minimum Gasteiger partial charge on any atom is -0.481 e. The average Bonchev–Trinajstić information content (AvgIpc) is 2.85. The number of fused-ring (bicyclic) bond motifs is 3. The average molecular weight is 290 g/mol. The predicted octanol–water partition coefficient (Wildman–Crippen LogP) is 3.38. The first-order valence-electron chi connectivity index (χ1n) is 8.74. The highest BCUT2D eigenvalue weighted by molar-refractivity contribution is 5.88. The van der Waals surface area contributed by atoms with Gasteiger partial charge < -0.3 is 14.8 Å². The summed E-state index contributed by atoms with van der Waals surface area (Å²) >= 11 is 0. The van der Waals surface area contributed by atoms with Gasteiger partial charge in [-0.15, -0.1) is 0 Å². The van der Waals surface area contributed by atoms with Crippen LogP contribution in [-0.2, 0) is 28.0 Å². The SMILES string of the molecule is [2H]C([2H])([2H])C[C@@]1(CC(=O)O)OCCc2c1[nH]c1c(CC)cccc21. The van der Waals surface area contributed by atoms with Gasteiger partial charge in [0.1, 0.15) is 5.60 Å². The first-order chi connectivity index (χ1) is 11.3. The van der Waals surface area contributed by atoms with Gasteiger partial charge in [0, 0.05) is 15.0 Å². The highest BCUT2D eigenvalue weighted by atomic mass is 16.5. The van der Waals surface area contributed by atoms with E-state index in [-0.39, 0.29) is 12.8 Å². The van der Waals surface area contributed by atoms with E-state index in [1.54, 1.807) is 0 Å². The number of aromatic amines is 1. The Kier molecular flexibility index (Phi) is 2.68. The van der Waals surface area contributed by atoms with Gasteiger partial charge in [-0.05, 0) is 30.4 Å². The van der Waals surface area contributed by atoms with E-state index in [1.165, 1.54) is 0 Å². The second kappa shape index (κ2) is 5.19. The number of aryl methyl sites for hydroxylation is 1. The first-order valence-corrected chi connectivity index (χ1v) is 7.24. The zero-order valence-electron chi connectivity index (χ0n) is 15.0. The lowest BCUT2D eigenvalue weighted by molar-refractivity contribution is -0.148. The number of carbonyl (C=O) groups is 1. The van der Waals surface area contributed by atoms with Crippen molar-refractivity contribution in [3.8, 4) is 0 Å². The van der Waals surface area contributed by atoms with Crippen LogP contribution in [0.5, 0.6) is 0 Å². The van der Waals surface area contributed by atoms with Crippen LogP contribution in [0.25, 0.3) is 10.9 Å². The molecule has 0 aliphatic carbocycles. The van der Waals surface area contributed by atoms with Crippen LogP contribution in [0.3, 0.4) is 0 Å². The minimum absolute atomic E-state index is 0.319. The summed E-state index contributed by atoms with van der Waals surface area (Å²) in [6.45, 7) is 0.0899. The van der Waals surface area contributed by atoms with Gasteiger partial charge in [-0.3, -0.25) is 4.79 Å². The molecule has 0 radical (unpaired) electrons. The summed E-state index contributed by atoms with van der Waals surface area (Å²) in [4.78, 5) is 14.7. The van der Waals surface area contributed by atoms with Gasteiger partial charge in [-0.1, -0.05) is 32.0 Å². The van der Waals surface area contributed by atoms with E-state index in [1.807, 2.05) is 18.2 Å². The van der Waals surface area contributed by atoms with Gasteiger partial charge in [-0.2, -0.15) is 0 Å². The Morgan fingerprint density at radius 3 is 3.14 bits per heavy atom. The highest BCUT2D eigenvalue weighted by Crippen LogP contribution is 2.42. The lowest BCUT2D eigenvalue weighted by atomic mass is 9.86. The topological polar surface area (TPSA) is 62.3 Å². The van der Waals surface area contributed by atoms with E-state index in [0.29, 0.717) is 18.7 Å². The quantitative estimate of drug-likeness (QED) is 0.907. The number of para-hydroxylation sites is 1. The molecule has 1 atom stereocenters. The number of aromatic nitrogens is 1. The van der Waals surface area contributed by atoms with Gasteiger partial charge in [0.15, 0.2) is 0 Å². The Hall–Kier alpha value is -1.81. The van der Waals surface area contributed by atoms with Crippen molar-refractivity contribution in [2.45, 2.75) is 45.1 Å². The molecule has 0 amide bonds. The molecule has 1 aromatic heterocycles. The van der Waals surface area contributed by atoms with Crippen LogP contribution in [-0.4, -0.2) is 22.7 Å². The smallest absolute Gasteiger partial charge is 0.306 e. The molecule has 2 heterocycles. The summed E-state index contributed by atoms with van der Waals surface area (Å²) < 4.78 is 28.7. The van der Waals surface area contributed by atoms with Crippen LogP contribution >= 0.6 is 0 Å². The van der Waals surface area contributed by atoms with E-state index < -0.39 is 18.4 Å². The molecule has 2 N–H and O–H groups in total. The number of aliphatic carboxylic acids is 1. The standard InChI is InChI=1S/C17H21NO3/c1-3-11-6-5-7-12-13-8-9-21-17(4-2,10-14(19)20)16(13)18-15(11)12/h5-7,18H,3-4,8-10H2,1-2H3,(H,19,20)/t17-/m0/s1/i2D3. The van der Waals surface area contributed by atoms with E-state index >= 15 is 0 Å². The maximum absolute atomic E-state index is 11.4. The van der Waals surface area contributed by atoms with Crippen LogP contribution in [0, 0.1) is 0 Å². The number of rotatable bonds is 4. The van der Waals surface area contributed by atoms with Crippen molar-refractivity contribution in [1.29, 1.82) is 0 Å². The normalized spacial score (nSPS) is 24.1. The number of nitrogens with one attached hydrogen (secondary N) is 1. The zero-order chi connectivity index (χ0) is 17.5.